The molecule has 2 rings (SSSR count). The molecule has 5 nitrogen and oxygen atoms in total. The number of anilines is 1. The van der Waals surface area contributed by atoms with Crippen LogP contribution in [0.25, 0.3) is 0 Å². The van der Waals surface area contributed by atoms with Gasteiger partial charge in [-0.05, 0) is 12.1 Å². The SMILES string of the molecule is COc1cccnc1N1CCN(C(=O)C(C)C)CC1. The van der Waals surface area contributed by atoms with Crippen molar-refractivity contribution in [1.29, 1.82) is 0 Å². The maximum absolute atomic E-state index is 11.9. The van der Waals surface area contributed by atoms with Gasteiger partial charge in [-0.25, -0.2) is 4.98 Å². The van der Waals surface area contributed by atoms with Crippen molar-refractivity contribution in [2.24, 2.45) is 5.92 Å². The van der Waals surface area contributed by atoms with E-state index in [9.17, 15) is 4.79 Å². The van der Waals surface area contributed by atoms with Crippen molar-refractivity contribution in [2.75, 3.05) is 38.2 Å². The molecule has 0 N–H and O–H groups in total. The number of rotatable bonds is 3. The van der Waals surface area contributed by atoms with Gasteiger partial charge in [0.25, 0.3) is 0 Å². The number of piperazine rings is 1. The lowest BCUT2D eigenvalue weighted by Crippen LogP contribution is -2.50. The Kier molecular flexibility index (Phi) is 4.24. The van der Waals surface area contributed by atoms with Crippen LogP contribution < -0.4 is 9.64 Å². The molecule has 0 saturated carbocycles. The molecule has 1 aromatic heterocycles. The second-order valence-corrected chi connectivity index (χ2v) is 5.00. The molecule has 0 spiro atoms. The summed E-state index contributed by atoms with van der Waals surface area (Å²) in [6.45, 7) is 6.97. The fourth-order valence-corrected chi connectivity index (χ4v) is 2.28. The molecule has 1 aromatic rings. The van der Waals surface area contributed by atoms with Gasteiger partial charge in [0, 0.05) is 38.3 Å². The number of hydrogen-bond donors (Lipinski definition) is 0. The fourth-order valence-electron chi connectivity index (χ4n) is 2.28. The monoisotopic (exact) mass is 263 g/mol. The zero-order valence-electron chi connectivity index (χ0n) is 11.8. The minimum Gasteiger partial charge on any atom is -0.493 e. The van der Waals surface area contributed by atoms with E-state index >= 15 is 0 Å². The number of hydrogen-bond acceptors (Lipinski definition) is 4. The van der Waals surface area contributed by atoms with Gasteiger partial charge < -0.3 is 14.5 Å². The highest BCUT2D eigenvalue weighted by Gasteiger charge is 2.24. The molecule has 2 heterocycles. The van der Waals surface area contributed by atoms with Gasteiger partial charge in [0.2, 0.25) is 5.91 Å². The number of amides is 1. The third-order valence-electron chi connectivity index (χ3n) is 3.36. The molecule has 0 unspecified atom stereocenters. The van der Waals surface area contributed by atoms with Crippen LogP contribution in [0.15, 0.2) is 18.3 Å². The first-order valence-electron chi connectivity index (χ1n) is 6.66. The molecule has 1 amide bonds. The van der Waals surface area contributed by atoms with Crippen molar-refractivity contribution >= 4 is 11.7 Å². The van der Waals surface area contributed by atoms with E-state index < -0.39 is 0 Å². The average molecular weight is 263 g/mol. The fraction of sp³-hybridized carbons (Fsp3) is 0.571. The first kappa shape index (κ1) is 13.6. The van der Waals surface area contributed by atoms with E-state index in [2.05, 4.69) is 9.88 Å². The summed E-state index contributed by atoms with van der Waals surface area (Å²) < 4.78 is 5.33. The van der Waals surface area contributed by atoms with Gasteiger partial charge in [0.15, 0.2) is 11.6 Å². The summed E-state index contributed by atoms with van der Waals surface area (Å²) in [5.74, 6) is 1.94. The van der Waals surface area contributed by atoms with Crippen LogP contribution in [0.5, 0.6) is 5.75 Å². The van der Waals surface area contributed by atoms with Gasteiger partial charge in [-0.3, -0.25) is 4.79 Å². The Balaban J connectivity index is 2.02. The van der Waals surface area contributed by atoms with Crippen LogP contribution >= 0.6 is 0 Å². The minimum atomic E-state index is 0.0657. The summed E-state index contributed by atoms with van der Waals surface area (Å²) in [5, 5.41) is 0. The number of ether oxygens (including phenoxy) is 1. The lowest BCUT2D eigenvalue weighted by molar-refractivity contribution is -0.134. The van der Waals surface area contributed by atoms with Crippen LogP contribution in [-0.4, -0.2) is 49.1 Å². The van der Waals surface area contributed by atoms with E-state index in [0.717, 1.165) is 37.7 Å². The van der Waals surface area contributed by atoms with Crippen LogP contribution in [0.3, 0.4) is 0 Å². The summed E-state index contributed by atoms with van der Waals surface area (Å²) in [4.78, 5) is 20.4. The second kappa shape index (κ2) is 5.91. The van der Waals surface area contributed by atoms with E-state index in [1.54, 1.807) is 13.3 Å². The van der Waals surface area contributed by atoms with E-state index in [1.807, 2.05) is 30.9 Å². The van der Waals surface area contributed by atoms with Gasteiger partial charge in [-0.2, -0.15) is 0 Å². The minimum absolute atomic E-state index is 0.0657. The van der Waals surface area contributed by atoms with Crippen molar-refractivity contribution in [2.45, 2.75) is 13.8 Å². The molecule has 0 bridgehead atoms. The largest absolute Gasteiger partial charge is 0.493 e. The summed E-state index contributed by atoms with van der Waals surface area (Å²) in [7, 11) is 1.65. The Morgan fingerprint density at radius 2 is 2.00 bits per heavy atom. The maximum atomic E-state index is 11.9. The molecule has 0 atom stereocenters. The first-order chi connectivity index (χ1) is 9.13. The molecule has 1 saturated heterocycles. The van der Waals surface area contributed by atoms with Gasteiger partial charge >= 0.3 is 0 Å². The van der Waals surface area contributed by atoms with Crippen molar-refractivity contribution in [3.63, 3.8) is 0 Å². The topological polar surface area (TPSA) is 45.7 Å². The molecule has 0 aliphatic carbocycles. The Morgan fingerprint density at radius 3 is 2.58 bits per heavy atom. The predicted octanol–water partition coefficient (Wildman–Crippen LogP) is 1.39. The van der Waals surface area contributed by atoms with Crippen LogP contribution in [0.4, 0.5) is 5.82 Å². The standard InChI is InChI=1S/C14H21N3O2/c1-11(2)14(18)17-9-7-16(8-10-17)13-12(19-3)5-4-6-15-13/h4-6,11H,7-10H2,1-3H3. The van der Waals surface area contributed by atoms with Crippen LogP contribution in [0.1, 0.15) is 13.8 Å². The Bertz CT molecular complexity index is 440. The summed E-state index contributed by atoms with van der Waals surface area (Å²) >= 11 is 0. The van der Waals surface area contributed by atoms with Crippen molar-refractivity contribution in [3.8, 4) is 5.75 Å². The summed E-state index contributed by atoms with van der Waals surface area (Å²) in [5.41, 5.74) is 0. The highest BCUT2D eigenvalue weighted by atomic mass is 16.5. The molecule has 5 heteroatoms. The molecule has 104 valence electrons. The number of aromatic nitrogens is 1. The zero-order chi connectivity index (χ0) is 13.8. The second-order valence-electron chi connectivity index (χ2n) is 5.00. The van der Waals surface area contributed by atoms with E-state index in [1.165, 1.54) is 0 Å². The third kappa shape index (κ3) is 2.97. The number of carbonyl (C=O) groups excluding carboxylic acids is 1. The quantitative estimate of drug-likeness (QED) is 0.827. The van der Waals surface area contributed by atoms with Crippen LogP contribution in [0.2, 0.25) is 0 Å². The van der Waals surface area contributed by atoms with Gasteiger partial charge in [0.05, 0.1) is 7.11 Å². The van der Waals surface area contributed by atoms with E-state index in [4.69, 9.17) is 4.74 Å². The van der Waals surface area contributed by atoms with E-state index in [0.29, 0.717) is 0 Å². The third-order valence-corrected chi connectivity index (χ3v) is 3.36. The van der Waals surface area contributed by atoms with Gasteiger partial charge in [-0.15, -0.1) is 0 Å². The Hall–Kier alpha value is -1.78. The highest BCUT2D eigenvalue weighted by Crippen LogP contribution is 2.25. The van der Waals surface area contributed by atoms with Crippen LogP contribution in [0, 0.1) is 5.92 Å². The maximum Gasteiger partial charge on any atom is 0.225 e. The van der Waals surface area contributed by atoms with Crippen LogP contribution in [-0.2, 0) is 4.79 Å². The predicted molar refractivity (Wildman–Crippen MR) is 74.4 cm³/mol. The van der Waals surface area contributed by atoms with Crippen molar-refractivity contribution < 1.29 is 9.53 Å². The summed E-state index contributed by atoms with van der Waals surface area (Å²) in [6, 6.07) is 3.77. The van der Waals surface area contributed by atoms with E-state index in [-0.39, 0.29) is 11.8 Å². The normalized spacial score (nSPS) is 15.8. The molecule has 1 aliphatic heterocycles. The smallest absolute Gasteiger partial charge is 0.225 e. The first-order valence-corrected chi connectivity index (χ1v) is 6.66. The van der Waals surface area contributed by atoms with Gasteiger partial charge in [-0.1, -0.05) is 13.8 Å². The molecular formula is C14H21N3O2. The lowest BCUT2D eigenvalue weighted by Gasteiger charge is -2.36. The number of pyridine rings is 1. The zero-order valence-corrected chi connectivity index (χ0v) is 11.8. The average Bonchev–Trinajstić information content (AvgIpc) is 2.46. The molecule has 0 aromatic carbocycles. The molecule has 1 aliphatic rings. The number of nitrogens with zero attached hydrogens (tertiary/aromatic N) is 3. The lowest BCUT2D eigenvalue weighted by atomic mass is 10.1. The van der Waals surface area contributed by atoms with Gasteiger partial charge in [0.1, 0.15) is 0 Å². The molecule has 19 heavy (non-hydrogen) atoms. The molecule has 1 fully saturated rings. The number of methoxy groups -OCH3 is 1. The van der Waals surface area contributed by atoms with Crippen molar-refractivity contribution in [1.82, 2.24) is 9.88 Å². The summed E-state index contributed by atoms with van der Waals surface area (Å²) in [6.07, 6.45) is 1.77. The number of carbonyl (C=O) groups is 1. The van der Waals surface area contributed by atoms with Crippen molar-refractivity contribution in [3.05, 3.63) is 18.3 Å². The Labute approximate surface area is 114 Å². The molecular weight excluding hydrogens is 242 g/mol. The Morgan fingerprint density at radius 1 is 1.32 bits per heavy atom. The highest BCUT2D eigenvalue weighted by molar-refractivity contribution is 5.78. The molecule has 0 radical (unpaired) electrons.